The minimum Gasteiger partial charge on any atom is -0.370 e. The van der Waals surface area contributed by atoms with Crippen molar-refractivity contribution < 1.29 is 4.79 Å². The lowest BCUT2D eigenvalue weighted by Gasteiger charge is -2.12. The molecule has 0 aliphatic carbocycles. The van der Waals surface area contributed by atoms with Crippen molar-refractivity contribution in [3.63, 3.8) is 0 Å². The molecule has 2 aromatic rings. The van der Waals surface area contributed by atoms with Crippen LogP contribution in [0.5, 0.6) is 0 Å². The van der Waals surface area contributed by atoms with Crippen LogP contribution >= 0.6 is 43.5 Å². The van der Waals surface area contributed by atoms with Crippen LogP contribution in [-0.4, -0.2) is 17.4 Å². The maximum Gasteiger partial charge on any atom is 0.259 e. The molecule has 0 aliphatic heterocycles. The van der Waals surface area contributed by atoms with Gasteiger partial charge in [-0.1, -0.05) is 27.5 Å². The second kappa shape index (κ2) is 7.24. The molecule has 0 spiro atoms. The topological polar surface area (TPSA) is 54.0 Å². The van der Waals surface area contributed by atoms with Crippen LogP contribution in [0, 0.1) is 0 Å². The van der Waals surface area contributed by atoms with Gasteiger partial charge < -0.3 is 10.6 Å². The summed E-state index contributed by atoms with van der Waals surface area (Å²) in [6.07, 6.45) is 1.64. The Morgan fingerprint density at radius 1 is 1.29 bits per heavy atom. The molecule has 7 heteroatoms. The molecule has 0 atom stereocenters. The van der Waals surface area contributed by atoms with Crippen LogP contribution in [-0.2, 0) is 0 Å². The Balaban J connectivity index is 2.31. The monoisotopic (exact) mass is 431 g/mol. The molecule has 0 radical (unpaired) electrons. The molecule has 2 rings (SSSR count). The molecule has 21 heavy (non-hydrogen) atoms. The Bertz CT molecular complexity index is 679. The average molecular weight is 434 g/mol. The Hall–Kier alpha value is -1.11. The quantitative estimate of drug-likeness (QED) is 0.718. The van der Waals surface area contributed by atoms with Gasteiger partial charge in [-0.3, -0.25) is 4.79 Å². The minimum absolute atomic E-state index is 0.278. The van der Waals surface area contributed by atoms with E-state index in [9.17, 15) is 4.79 Å². The summed E-state index contributed by atoms with van der Waals surface area (Å²) >= 11 is 12.8. The Labute approximate surface area is 144 Å². The van der Waals surface area contributed by atoms with E-state index < -0.39 is 0 Å². The number of rotatable bonds is 4. The standard InChI is InChI=1S/C14H12Br2ClN3O/c1-2-18-13-10(5-9(16)7-19-13)14(21)20-12-6-8(15)3-4-11(12)17/h3-7H,2H2,1H3,(H,18,19)(H,20,21). The van der Waals surface area contributed by atoms with Crippen molar-refractivity contribution in [3.8, 4) is 0 Å². The number of carbonyl (C=O) groups is 1. The summed E-state index contributed by atoms with van der Waals surface area (Å²) in [7, 11) is 0. The van der Waals surface area contributed by atoms with Crippen LogP contribution in [0.3, 0.4) is 0 Å². The van der Waals surface area contributed by atoms with E-state index >= 15 is 0 Å². The highest BCUT2D eigenvalue weighted by Crippen LogP contribution is 2.27. The normalized spacial score (nSPS) is 10.3. The summed E-state index contributed by atoms with van der Waals surface area (Å²) in [5, 5.41) is 6.32. The maximum absolute atomic E-state index is 12.4. The molecule has 0 bridgehead atoms. The first-order valence-electron chi connectivity index (χ1n) is 6.17. The lowest BCUT2D eigenvalue weighted by molar-refractivity contribution is 0.102. The highest BCUT2D eigenvalue weighted by Gasteiger charge is 2.15. The molecule has 0 fully saturated rings. The number of pyridine rings is 1. The summed E-state index contributed by atoms with van der Waals surface area (Å²) in [6.45, 7) is 2.61. The second-order valence-corrected chi connectivity index (χ2v) is 6.40. The van der Waals surface area contributed by atoms with E-state index in [0.29, 0.717) is 28.6 Å². The van der Waals surface area contributed by atoms with Crippen LogP contribution in [0.25, 0.3) is 0 Å². The second-order valence-electron chi connectivity index (χ2n) is 4.16. The van der Waals surface area contributed by atoms with E-state index in [2.05, 4.69) is 47.5 Å². The number of anilines is 2. The van der Waals surface area contributed by atoms with Crippen LogP contribution in [0.4, 0.5) is 11.5 Å². The summed E-state index contributed by atoms with van der Waals surface area (Å²) in [4.78, 5) is 16.6. The maximum atomic E-state index is 12.4. The number of halogens is 3. The molecule has 0 aliphatic rings. The van der Waals surface area contributed by atoms with Crippen LogP contribution in [0.15, 0.2) is 39.4 Å². The van der Waals surface area contributed by atoms with Crippen molar-refractivity contribution in [1.29, 1.82) is 0 Å². The number of hydrogen-bond donors (Lipinski definition) is 2. The molecule has 2 N–H and O–H groups in total. The smallest absolute Gasteiger partial charge is 0.259 e. The first kappa shape index (κ1) is 16.3. The highest BCUT2D eigenvalue weighted by molar-refractivity contribution is 9.10. The molecule has 1 heterocycles. The third kappa shape index (κ3) is 4.18. The fourth-order valence-corrected chi connectivity index (χ4v) is 2.56. The van der Waals surface area contributed by atoms with Crippen molar-refractivity contribution in [2.45, 2.75) is 6.92 Å². The zero-order valence-electron chi connectivity index (χ0n) is 11.1. The van der Waals surface area contributed by atoms with Gasteiger partial charge in [0.1, 0.15) is 5.82 Å². The van der Waals surface area contributed by atoms with Gasteiger partial charge in [0.05, 0.1) is 16.3 Å². The molecule has 0 saturated carbocycles. The van der Waals surface area contributed by atoms with Crippen molar-refractivity contribution in [1.82, 2.24) is 4.98 Å². The highest BCUT2D eigenvalue weighted by atomic mass is 79.9. The molecule has 110 valence electrons. The van der Waals surface area contributed by atoms with E-state index in [1.54, 1.807) is 24.4 Å². The SMILES string of the molecule is CCNc1ncc(Br)cc1C(=O)Nc1cc(Br)ccc1Cl. The molecule has 1 aromatic heterocycles. The minimum atomic E-state index is -0.278. The average Bonchev–Trinajstić information content (AvgIpc) is 2.45. The largest absolute Gasteiger partial charge is 0.370 e. The zero-order valence-corrected chi connectivity index (χ0v) is 15.0. The molecule has 0 unspecified atom stereocenters. The fourth-order valence-electron chi connectivity index (χ4n) is 1.70. The molecule has 4 nitrogen and oxygen atoms in total. The number of hydrogen-bond acceptors (Lipinski definition) is 3. The summed E-state index contributed by atoms with van der Waals surface area (Å²) in [5.41, 5.74) is 0.987. The first-order chi connectivity index (χ1) is 10.0. The summed E-state index contributed by atoms with van der Waals surface area (Å²) in [6, 6.07) is 6.99. The predicted molar refractivity (Wildman–Crippen MR) is 93.2 cm³/mol. The molecule has 0 saturated heterocycles. The van der Waals surface area contributed by atoms with Gasteiger partial charge in [-0.2, -0.15) is 0 Å². The number of amides is 1. The van der Waals surface area contributed by atoms with Crippen molar-refractivity contribution >= 4 is 60.9 Å². The third-order valence-electron chi connectivity index (χ3n) is 2.62. The van der Waals surface area contributed by atoms with Gasteiger partial charge in [-0.05, 0) is 47.1 Å². The predicted octanol–water partition coefficient (Wildman–Crippen LogP) is 4.94. The van der Waals surface area contributed by atoms with Gasteiger partial charge >= 0.3 is 0 Å². The lowest BCUT2D eigenvalue weighted by Crippen LogP contribution is -2.16. The van der Waals surface area contributed by atoms with Gasteiger partial charge in [0, 0.05) is 21.7 Å². The van der Waals surface area contributed by atoms with Gasteiger partial charge in [-0.15, -0.1) is 0 Å². The van der Waals surface area contributed by atoms with Crippen molar-refractivity contribution in [2.75, 3.05) is 17.2 Å². The number of nitrogens with one attached hydrogen (secondary N) is 2. The summed E-state index contributed by atoms with van der Waals surface area (Å²) in [5.74, 6) is 0.254. The van der Waals surface area contributed by atoms with Crippen LogP contribution in [0.2, 0.25) is 5.02 Å². The van der Waals surface area contributed by atoms with E-state index in [1.165, 1.54) is 0 Å². The lowest BCUT2D eigenvalue weighted by atomic mass is 10.2. The van der Waals surface area contributed by atoms with Gasteiger partial charge in [0.15, 0.2) is 0 Å². The third-order valence-corrected chi connectivity index (χ3v) is 3.88. The van der Waals surface area contributed by atoms with Crippen molar-refractivity contribution in [2.24, 2.45) is 0 Å². The number of nitrogens with zero attached hydrogens (tertiary/aromatic N) is 1. The summed E-state index contributed by atoms with van der Waals surface area (Å²) < 4.78 is 1.57. The fraction of sp³-hybridized carbons (Fsp3) is 0.143. The first-order valence-corrected chi connectivity index (χ1v) is 8.13. The number of carbonyl (C=O) groups excluding carboxylic acids is 1. The van der Waals surface area contributed by atoms with Crippen LogP contribution < -0.4 is 10.6 Å². The molecule has 1 aromatic carbocycles. The van der Waals surface area contributed by atoms with Gasteiger partial charge in [-0.25, -0.2) is 4.98 Å². The number of aromatic nitrogens is 1. The Morgan fingerprint density at radius 2 is 2.05 bits per heavy atom. The Kier molecular flexibility index (Phi) is 5.61. The van der Waals surface area contributed by atoms with E-state index in [1.807, 2.05) is 13.0 Å². The van der Waals surface area contributed by atoms with Crippen molar-refractivity contribution in [3.05, 3.63) is 50.0 Å². The van der Waals surface area contributed by atoms with Gasteiger partial charge in [0.25, 0.3) is 5.91 Å². The molecular weight excluding hydrogens is 421 g/mol. The van der Waals surface area contributed by atoms with E-state index in [0.717, 1.165) is 8.95 Å². The Morgan fingerprint density at radius 3 is 2.76 bits per heavy atom. The molecule has 1 amide bonds. The zero-order chi connectivity index (χ0) is 15.4. The number of benzene rings is 1. The van der Waals surface area contributed by atoms with Crippen LogP contribution in [0.1, 0.15) is 17.3 Å². The van der Waals surface area contributed by atoms with E-state index in [-0.39, 0.29) is 5.91 Å². The van der Waals surface area contributed by atoms with Gasteiger partial charge in [0.2, 0.25) is 0 Å². The van der Waals surface area contributed by atoms with E-state index in [4.69, 9.17) is 11.6 Å². The molecular formula is C14H12Br2ClN3O.